The molecule has 1 rings (SSSR count). The molecule has 1 heteroatoms. The van der Waals surface area contributed by atoms with Gasteiger partial charge < -0.3 is 5.32 Å². The topological polar surface area (TPSA) is 12.0 Å². The molecule has 60 valence electrons. The van der Waals surface area contributed by atoms with Gasteiger partial charge in [0.05, 0.1) is 0 Å². The molecule has 10 heavy (non-hydrogen) atoms. The summed E-state index contributed by atoms with van der Waals surface area (Å²) in [6.45, 7) is 7.12. The summed E-state index contributed by atoms with van der Waals surface area (Å²) in [6.07, 6.45) is 4.13. The lowest BCUT2D eigenvalue weighted by molar-refractivity contribution is 0.381. The first-order chi connectivity index (χ1) is 4.88. The Labute approximate surface area is 64.2 Å². The fourth-order valence-corrected chi connectivity index (χ4v) is 1.97. The zero-order chi connectivity index (χ0) is 7.40. The molecule has 0 aromatic carbocycles. The van der Waals surface area contributed by atoms with Crippen molar-refractivity contribution in [3.63, 3.8) is 0 Å². The lowest BCUT2D eigenvalue weighted by Crippen LogP contribution is -2.10. The minimum atomic E-state index is 0.972. The molecule has 1 heterocycles. The first-order valence-electron chi connectivity index (χ1n) is 4.59. The Morgan fingerprint density at radius 3 is 2.50 bits per heavy atom. The van der Waals surface area contributed by atoms with Gasteiger partial charge in [-0.15, -0.1) is 0 Å². The quantitative estimate of drug-likeness (QED) is 0.634. The van der Waals surface area contributed by atoms with Crippen molar-refractivity contribution in [2.75, 3.05) is 13.1 Å². The molecule has 1 aliphatic rings. The van der Waals surface area contributed by atoms with E-state index >= 15 is 0 Å². The van der Waals surface area contributed by atoms with Crippen LogP contribution in [-0.2, 0) is 0 Å². The summed E-state index contributed by atoms with van der Waals surface area (Å²) >= 11 is 0. The van der Waals surface area contributed by atoms with Crippen molar-refractivity contribution in [1.82, 2.24) is 5.32 Å². The largest absolute Gasteiger partial charge is 0.316 e. The third-order valence-corrected chi connectivity index (χ3v) is 2.66. The van der Waals surface area contributed by atoms with E-state index in [2.05, 4.69) is 19.2 Å². The molecular formula is C9H19N. The minimum Gasteiger partial charge on any atom is -0.316 e. The molecule has 2 unspecified atom stereocenters. The van der Waals surface area contributed by atoms with Gasteiger partial charge in [0.25, 0.3) is 0 Å². The van der Waals surface area contributed by atoms with E-state index < -0.39 is 0 Å². The molecule has 0 radical (unpaired) electrons. The van der Waals surface area contributed by atoms with E-state index in [1.54, 1.807) is 0 Å². The van der Waals surface area contributed by atoms with Crippen molar-refractivity contribution in [3.8, 4) is 0 Å². The Morgan fingerprint density at radius 2 is 1.90 bits per heavy atom. The van der Waals surface area contributed by atoms with E-state index in [1.165, 1.54) is 32.4 Å². The van der Waals surface area contributed by atoms with Gasteiger partial charge in [-0.1, -0.05) is 26.7 Å². The summed E-state index contributed by atoms with van der Waals surface area (Å²) in [5, 5.41) is 3.46. The van der Waals surface area contributed by atoms with Crippen molar-refractivity contribution in [2.24, 2.45) is 11.8 Å². The molecule has 1 nitrogen and oxygen atoms in total. The number of nitrogens with one attached hydrogen (secondary N) is 1. The summed E-state index contributed by atoms with van der Waals surface area (Å²) in [7, 11) is 0. The zero-order valence-electron chi connectivity index (χ0n) is 7.19. The predicted octanol–water partition coefficient (Wildman–Crippen LogP) is 2.03. The third kappa shape index (κ3) is 1.72. The average molecular weight is 141 g/mol. The van der Waals surface area contributed by atoms with Crippen LogP contribution in [0.15, 0.2) is 0 Å². The summed E-state index contributed by atoms with van der Waals surface area (Å²) in [4.78, 5) is 0. The van der Waals surface area contributed by atoms with Crippen LogP contribution in [0.3, 0.4) is 0 Å². The molecule has 1 saturated heterocycles. The van der Waals surface area contributed by atoms with Crippen LogP contribution in [0.5, 0.6) is 0 Å². The highest BCUT2D eigenvalue weighted by atomic mass is 14.9. The number of rotatable bonds is 3. The minimum absolute atomic E-state index is 0.972. The summed E-state index contributed by atoms with van der Waals surface area (Å²) in [5.41, 5.74) is 0. The smallest absolute Gasteiger partial charge is 0.00173 e. The van der Waals surface area contributed by atoms with Gasteiger partial charge in [-0.2, -0.15) is 0 Å². The van der Waals surface area contributed by atoms with Crippen LogP contribution in [0, 0.1) is 11.8 Å². The van der Waals surface area contributed by atoms with E-state index in [0.29, 0.717) is 0 Å². The molecule has 1 aliphatic heterocycles. The van der Waals surface area contributed by atoms with Crippen LogP contribution < -0.4 is 5.32 Å². The van der Waals surface area contributed by atoms with Gasteiger partial charge in [0.2, 0.25) is 0 Å². The molecule has 0 bridgehead atoms. The van der Waals surface area contributed by atoms with E-state index in [4.69, 9.17) is 0 Å². The second kappa shape index (κ2) is 3.97. The van der Waals surface area contributed by atoms with Crippen molar-refractivity contribution in [1.29, 1.82) is 0 Å². The molecule has 0 aliphatic carbocycles. The van der Waals surface area contributed by atoms with Gasteiger partial charge in [-0.25, -0.2) is 0 Å². The van der Waals surface area contributed by atoms with Gasteiger partial charge in [-0.3, -0.25) is 0 Å². The molecule has 1 N–H and O–H groups in total. The van der Waals surface area contributed by atoms with Gasteiger partial charge >= 0.3 is 0 Å². The molecule has 1 fully saturated rings. The Hall–Kier alpha value is -0.0400. The maximum absolute atomic E-state index is 3.46. The fraction of sp³-hybridized carbons (Fsp3) is 1.00. The molecule has 0 saturated carbocycles. The summed E-state index contributed by atoms with van der Waals surface area (Å²) < 4.78 is 0. The van der Waals surface area contributed by atoms with Gasteiger partial charge in [-0.05, 0) is 31.3 Å². The number of hydrogen-bond acceptors (Lipinski definition) is 1. The van der Waals surface area contributed by atoms with Crippen LogP contribution in [0.1, 0.15) is 33.1 Å². The average Bonchev–Trinajstić information content (AvgIpc) is 2.36. The summed E-state index contributed by atoms with van der Waals surface area (Å²) in [6, 6.07) is 0. The van der Waals surface area contributed by atoms with Gasteiger partial charge in [0.15, 0.2) is 0 Å². The van der Waals surface area contributed by atoms with Crippen LogP contribution in [0.2, 0.25) is 0 Å². The normalized spacial score (nSPS) is 33.0. The van der Waals surface area contributed by atoms with Crippen LogP contribution in [0.25, 0.3) is 0 Å². The Morgan fingerprint density at radius 1 is 1.20 bits per heavy atom. The fourth-order valence-electron chi connectivity index (χ4n) is 1.97. The van der Waals surface area contributed by atoms with Crippen molar-refractivity contribution < 1.29 is 0 Å². The molecule has 0 amide bonds. The lowest BCUT2D eigenvalue weighted by atomic mass is 9.90. The Kier molecular flexibility index (Phi) is 3.20. The van der Waals surface area contributed by atoms with Crippen molar-refractivity contribution in [3.05, 3.63) is 0 Å². The molecule has 2 atom stereocenters. The Balaban J connectivity index is 2.27. The van der Waals surface area contributed by atoms with Crippen molar-refractivity contribution >= 4 is 0 Å². The van der Waals surface area contributed by atoms with Crippen molar-refractivity contribution in [2.45, 2.75) is 33.1 Å². The first-order valence-corrected chi connectivity index (χ1v) is 4.59. The van der Waals surface area contributed by atoms with Crippen LogP contribution in [0.4, 0.5) is 0 Å². The third-order valence-electron chi connectivity index (χ3n) is 2.66. The standard InChI is InChI=1S/C9H19N/c1-3-5-9-7-10-6-8(9)4-2/h8-10H,3-7H2,1-2H3. The molecule has 0 aromatic rings. The number of hydrogen-bond donors (Lipinski definition) is 1. The maximum atomic E-state index is 3.46. The maximum Gasteiger partial charge on any atom is -0.00173 e. The zero-order valence-corrected chi connectivity index (χ0v) is 7.19. The Bertz CT molecular complexity index is 90.7. The monoisotopic (exact) mass is 141 g/mol. The molecule has 0 aromatic heterocycles. The van der Waals surface area contributed by atoms with E-state index in [0.717, 1.165) is 11.8 Å². The highest BCUT2D eigenvalue weighted by molar-refractivity contribution is 4.79. The second-order valence-corrected chi connectivity index (χ2v) is 3.38. The SMILES string of the molecule is CCCC1CNCC1CC. The van der Waals surface area contributed by atoms with E-state index in [1.807, 2.05) is 0 Å². The second-order valence-electron chi connectivity index (χ2n) is 3.38. The van der Waals surface area contributed by atoms with E-state index in [9.17, 15) is 0 Å². The highest BCUT2D eigenvalue weighted by Crippen LogP contribution is 2.23. The van der Waals surface area contributed by atoms with E-state index in [-0.39, 0.29) is 0 Å². The van der Waals surface area contributed by atoms with Gasteiger partial charge in [0.1, 0.15) is 0 Å². The van der Waals surface area contributed by atoms with Crippen LogP contribution in [-0.4, -0.2) is 13.1 Å². The molecule has 0 spiro atoms. The summed E-state index contributed by atoms with van der Waals surface area (Å²) in [5.74, 6) is 1.95. The molecular weight excluding hydrogens is 122 g/mol. The predicted molar refractivity (Wildman–Crippen MR) is 45.0 cm³/mol. The first kappa shape index (κ1) is 8.06. The van der Waals surface area contributed by atoms with Crippen LogP contribution >= 0.6 is 0 Å². The van der Waals surface area contributed by atoms with Gasteiger partial charge in [0, 0.05) is 0 Å². The lowest BCUT2D eigenvalue weighted by Gasteiger charge is -2.14. The highest BCUT2D eigenvalue weighted by Gasteiger charge is 2.23.